The second-order valence-corrected chi connectivity index (χ2v) is 6.85. The van der Waals surface area contributed by atoms with E-state index in [0.29, 0.717) is 22.1 Å². The lowest BCUT2D eigenvalue weighted by molar-refractivity contribution is -0.118. The van der Waals surface area contributed by atoms with E-state index in [-0.39, 0.29) is 18.4 Å². The number of hydrogen-bond acceptors (Lipinski definition) is 5. The largest absolute Gasteiger partial charge is 0.483 e. The summed E-state index contributed by atoms with van der Waals surface area (Å²) in [6.07, 6.45) is 1.60. The summed E-state index contributed by atoms with van der Waals surface area (Å²) in [5.74, 6) is -0.143. The fourth-order valence-electron chi connectivity index (χ4n) is 2.13. The van der Waals surface area contributed by atoms with Gasteiger partial charge in [-0.2, -0.15) is 0 Å². The number of rotatable bonds is 6. The standard InChI is InChI=1S/C18H14BrN3O3S/c19-13-6-2-4-8-15(13)25-11-16(23)21-14-7-3-1-5-12(14)17(24)22-18-20-9-10-26-18/h1-10H,11H2,(H,21,23)(H,20,22,24). The first kappa shape index (κ1) is 18.1. The molecule has 0 aliphatic rings. The van der Waals surface area contributed by atoms with E-state index in [1.165, 1.54) is 11.3 Å². The number of para-hydroxylation sites is 2. The summed E-state index contributed by atoms with van der Waals surface area (Å²) >= 11 is 4.68. The van der Waals surface area contributed by atoms with Crippen LogP contribution in [0.15, 0.2) is 64.6 Å². The maximum atomic E-state index is 12.4. The van der Waals surface area contributed by atoms with Crippen molar-refractivity contribution in [3.8, 4) is 5.75 Å². The highest BCUT2D eigenvalue weighted by Gasteiger charge is 2.14. The lowest BCUT2D eigenvalue weighted by atomic mass is 10.1. The first-order valence-electron chi connectivity index (χ1n) is 7.60. The number of halogens is 1. The molecule has 3 aromatic rings. The highest BCUT2D eigenvalue weighted by molar-refractivity contribution is 9.10. The molecule has 0 aliphatic heterocycles. The summed E-state index contributed by atoms with van der Waals surface area (Å²) in [5.41, 5.74) is 0.749. The summed E-state index contributed by atoms with van der Waals surface area (Å²) in [4.78, 5) is 28.6. The number of carbonyl (C=O) groups is 2. The Morgan fingerprint density at radius 2 is 1.85 bits per heavy atom. The van der Waals surface area contributed by atoms with Crippen molar-refractivity contribution in [1.29, 1.82) is 0 Å². The minimum atomic E-state index is -0.366. The van der Waals surface area contributed by atoms with E-state index in [4.69, 9.17) is 4.74 Å². The molecule has 0 aliphatic carbocycles. The molecule has 26 heavy (non-hydrogen) atoms. The summed E-state index contributed by atoms with van der Waals surface area (Å²) < 4.78 is 6.25. The maximum absolute atomic E-state index is 12.4. The maximum Gasteiger partial charge on any atom is 0.262 e. The highest BCUT2D eigenvalue weighted by Crippen LogP contribution is 2.24. The predicted molar refractivity (Wildman–Crippen MR) is 105 cm³/mol. The summed E-state index contributed by atoms with van der Waals surface area (Å²) in [6.45, 7) is -0.176. The van der Waals surface area contributed by atoms with Crippen molar-refractivity contribution in [2.24, 2.45) is 0 Å². The van der Waals surface area contributed by atoms with E-state index in [1.54, 1.807) is 41.9 Å². The van der Waals surface area contributed by atoms with Gasteiger partial charge in [0.2, 0.25) is 0 Å². The van der Waals surface area contributed by atoms with Gasteiger partial charge in [0.25, 0.3) is 11.8 Å². The number of ether oxygens (including phenoxy) is 1. The van der Waals surface area contributed by atoms with Crippen LogP contribution in [0.2, 0.25) is 0 Å². The van der Waals surface area contributed by atoms with Gasteiger partial charge in [-0.3, -0.25) is 14.9 Å². The van der Waals surface area contributed by atoms with Crippen molar-refractivity contribution in [1.82, 2.24) is 4.98 Å². The second-order valence-electron chi connectivity index (χ2n) is 5.10. The van der Waals surface area contributed by atoms with Crippen LogP contribution in [0, 0.1) is 0 Å². The molecule has 3 rings (SSSR count). The van der Waals surface area contributed by atoms with Crippen molar-refractivity contribution in [3.05, 3.63) is 70.1 Å². The monoisotopic (exact) mass is 431 g/mol. The third kappa shape index (κ3) is 4.68. The van der Waals surface area contributed by atoms with Gasteiger partial charge in [0.15, 0.2) is 11.7 Å². The van der Waals surface area contributed by atoms with Crippen LogP contribution in [0.4, 0.5) is 10.8 Å². The molecule has 0 saturated carbocycles. The smallest absolute Gasteiger partial charge is 0.262 e. The number of thiazole rings is 1. The van der Waals surface area contributed by atoms with Crippen LogP contribution in [-0.2, 0) is 4.79 Å². The van der Waals surface area contributed by atoms with Crippen LogP contribution in [0.5, 0.6) is 5.75 Å². The van der Waals surface area contributed by atoms with Crippen LogP contribution in [-0.4, -0.2) is 23.4 Å². The molecule has 0 saturated heterocycles. The van der Waals surface area contributed by atoms with E-state index < -0.39 is 0 Å². The molecule has 2 amide bonds. The van der Waals surface area contributed by atoms with Gasteiger partial charge in [-0.25, -0.2) is 4.98 Å². The Bertz CT molecular complexity index is 916. The highest BCUT2D eigenvalue weighted by atomic mass is 79.9. The Morgan fingerprint density at radius 1 is 1.08 bits per heavy atom. The van der Waals surface area contributed by atoms with Crippen LogP contribution in [0.25, 0.3) is 0 Å². The average molecular weight is 432 g/mol. The topological polar surface area (TPSA) is 80.3 Å². The minimum absolute atomic E-state index is 0.176. The number of aromatic nitrogens is 1. The molecule has 2 N–H and O–H groups in total. The minimum Gasteiger partial charge on any atom is -0.483 e. The first-order chi connectivity index (χ1) is 12.6. The van der Waals surface area contributed by atoms with Gasteiger partial charge in [-0.1, -0.05) is 24.3 Å². The van der Waals surface area contributed by atoms with Crippen molar-refractivity contribution in [2.75, 3.05) is 17.2 Å². The molecule has 1 heterocycles. The average Bonchev–Trinajstić information content (AvgIpc) is 3.14. The third-order valence-corrected chi connectivity index (χ3v) is 4.64. The lowest BCUT2D eigenvalue weighted by Gasteiger charge is -2.11. The SMILES string of the molecule is O=C(COc1ccccc1Br)Nc1ccccc1C(=O)Nc1nccs1. The van der Waals surface area contributed by atoms with Crippen LogP contribution in [0.1, 0.15) is 10.4 Å². The molecule has 0 spiro atoms. The molecule has 0 radical (unpaired) electrons. The van der Waals surface area contributed by atoms with E-state index in [1.807, 2.05) is 18.2 Å². The summed E-state index contributed by atoms with van der Waals surface area (Å²) in [5, 5.41) is 7.66. The van der Waals surface area contributed by atoms with Gasteiger partial charge in [0.1, 0.15) is 5.75 Å². The Morgan fingerprint density at radius 3 is 2.62 bits per heavy atom. The molecule has 0 bridgehead atoms. The number of anilines is 2. The second kappa shape index (κ2) is 8.59. The molecule has 1 aromatic heterocycles. The molecule has 0 unspecified atom stereocenters. The van der Waals surface area contributed by atoms with Crippen molar-refractivity contribution in [3.63, 3.8) is 0 Å². The number of hydrogen-bond donors (Lipinski definition) is 2. The predicted octanol–water partition coefficient (Wildman–Crippen LogP) is 4.18. The van der Waals surface area contributed by atoms with E-state index in [2.05, 4.69) is 31.5 Å². The van der Waals surface area contributed by atoms with Gasteiger partial charge in [-0.15, -0.1) is 11.3 Å². The Labute approximate surface area is 162 Å². The summed E-state index contributed by atoms with van der Waals surface area (Å²) in [7, 11) is 0. The molecule has 6 nitrogen and oxygen atoms in total. The van der Waals surface area contributed by atoms with Crippen molar-refractivity contribution in [2.45, 2.75) is 0 Å². The molecule has 132 valence electrons. The number of amides is 2. The van der Waals surface area contributed by atoms with Gasteiger partial charge >= 0.3 is 0 Å². The van der Waals surface area contributed by atoms with Gasteiger partial charge in [0, 0.05) is 11.6 Å². The van der Waals surface area contributed by atoms with Crippen LogP contribution in [0.3, 0.4) is 0 Å². The fraction of sp³-hybridized carbons (Fsp3) is 0.0556. The Hall–Kier alpha value is -2.71. The number of nitrogens with one attached hydrogen (secondary N) is 2. The van der Waals surface area contributed by atoms with Gasteiger partial charge in [-0.05, 0) is 40.2 Å². The molecule has 2 aromatic carbocycles. The number of carbonyl (C=O) groups excluding carboxylic acids is 2. The van der Waals surface area contributed by atoms with Crippen molar-refractivity contribution >= 4 is 49.9 Å². The summed E-state index contributed by atoms with van der Waals surface area (Å²) in [6, 6.07) is 14.0. The van der Waals surface area contributed by atoms with E-state index in [0.717, 1.165) is 4.47 Å². The molecular weight excluding hydrogens is 418 g/mol. The Balaban J connectivity index is 1.65. The Kier molecular flexibility index (Phi) is 5.98. The molecule has 0 atom stereocenters. The van der Waals surface area contributed by atoms with E-state index >= 15 is 0 Å². The van der Waals surface area contributed by atoms with Gasteiger partial charge < -0.3 is 10.1 Å². The number of nitrogens with zero attached hydrogens (tertiary/aromatic N) is 1. The zero-order chi connectivity index (χ0) is 18.4. The first-order valence-corrected chi connectivity index (χ1v) is 9.28. The molecule has 8 heteroatoms. The van der Waals surface area contributed by atoms with Gasteiger partial charge in [0.05, 0.1) is 15.7 Å². The molecule has 0 fully saturated rings. The van der Waals surface area contributed by atoms with Crippen molar-refractivity contribution < 1.29 is 14.3 Å². The zero-order valence-corrected chi connectivity index (χ0v) is 15.8. The third-order valence-electron chi connectivity index (χ3n) is 3.29. The van der Waals surface area contributed by atoms with Crippen LogP contribution < -0.4 is 15.4 Å². The van der Waals surface area contributed by atoms with Crippen LogP contribution >= 0.6 is 27.3 Å². The quantitative estimate of drug-likeness (QED) is 0.613. The normalized spacial score (nSPS) is 10.2. The lowest BCUT2D eigenvalue weighted by Crippen LogP contribution is -2.22. The number of benzene rings is 2. The zero-order valence-electron chi connectivity index (χ0n) is 13.4. The molecular formula is C18H14BrN3O3S. The van der Waals surface area contributed by atoms with E-state index in [9.17, 15) is 9.59 Å². The fourth-order valence-corrected chi connectivity index (χ4v) is 3.05.